The third-order valence-electron chi connectivity index (χ3n) is 4.91. The van der Waals surface area contributed by atoms with E-state index in [1.54, 1.807) is 21.1 Å². The summed E-state index contributed by atoms with van der Waals surface area (Å²) in [6, 6.07) is 5.62. The summed E-state index contributed by atoms with van der Waals surface area (Å²) in [5.74, 6) is -2.06. The van der Waals surface area contributed by atoms with E-state index in [2.05, 4.69) is 25.9 Å². The predicted octanol–water partition coefficient (Wildman–Crippen LogP) is 3.18. The van der Waals surface area contributed by atoms with Crippen LogP contribution < -0.4 is 20.7 Å². The van der Waals surface area contributed by atoms with Gasteiger partial charge in [-0.05, 0) is 25.1 Å². The molecule has 1 aliphatic rings. The molecule has 3 aromatic rings. The van der Waals surface area contributed by atoms with Crippen LogP contribution in [-0.4, -0.2) is 57.7 Å². The molecule has 1 aromatic carbocycles. The number of nitrogens with one attached hydrogen (secondary N) is 3. The van der Waals surface area contributed by atoms with Gasteiger partial charge in [0, 0.05) is 44.0 Å². The number of carbonyl (C=O) groups is 1. The van der Waals surface area contributed by atoms with Gasteiger partial charge < -0.3 is 25.8 Å². The minimum atomic E-state index is -5.08. The minimum absolute atomic E-state index is 0.149. The Bertz CT molecular complexity index is 1190. The highest BCUT2D eigenvalue weighted by Gasteiger charge is 2.38. The van der Waals surface area contributed by atoms with Crippen LogP contribution in [0.1, 0.15) is 17.0 Å². The van der Waals surface area contributed by atoms with Gasteiger partial charge in [0.25, 0.3) is 0 Å². The lowest BCUT2D eigenvalue weighted by Crippen LogP contribution is -2.22. The molecular formula is C21H23F4N7O3. The lowest BCUT2D eigenvalue weighted by molar-refractivity contribution is -0.192. The first-order valence-electron chi connectivity index (χ1n) is 10.3. The molecule has 0 unspecified atom stereocenters. The Morgan fingerprint density at radius 2 is 2.00 bits per heavy atom. The number of carboxylic acid groups (broad SMARTS) is 1. The van der Waals surface area contributed by atoms with Crippen molar-refractivity contribution in [3.8, 4) is 11.4 Å². The van der Waals surface area contributed by atoms with E-state index in [-0.39, 0.29) is 11.5 Å². The number of aryl methyl sites for hydroxylation is 1. The zero-order valence-corrected chi connectivity index (χ0v) is 19.0. The number of anilines is 3. The van der Waals surface area contributed by atoms with Gasteiger partial charge in [-0.1, -0.05) is 0 Å². The number of hydrogen-bond donors (Lipinski definition) is 4. The van der Waals surface area contributed by atoms with Gasteiger partial charge in [0.1, 0.15) is 11.4 Å². The zero-order chi connectivity index (χ0) is 25.8. The fraction of sp³-hybridized carbons (Fsp3) is 0.333. The second-order valence-corrected chi connectivity index (χ2v) is 7.33. The van der Waals surface area contributed by atoms with Crippen LogP contribution in [0, 0.1) is 12.7 Å². The third kappa shape index (κ3) is 6.15. The quantitative estimate of drug-likeness (QED) is 0.393. The molecular weight excluding hydrogens is 474 g/mol. The minimum Gasteiger partial charge on any atom is -0.494 e. The van der Waals surface area contributed by atoms with Gasteiger partial charge in [-0.15, -0.1) is 0 Å². The smallest absolute Gasteiger partial charge is 0.490 e. The van der Waals surface area contributed by atoms with Crippen LogP contribution in [0.2, 0.25) is 0 Å². The molecule has 35 heavy (non-hydrogen) atoms. The van der Waals surface area contributed by atoms with Crippen molar-refractivity contribution in [2.24, 2.45) is 0 Å². The first-order valence-corrected chi connectivity index (χ1v) is 10.3. The van der Waals surface area contributed by atoms with Crippen LogP contribution in [0.15, 0.2) is 24.4 Å². The highest BCUT2D eigenvalue weighted by atomic mass is 19.4. The van der Waals surface area contributed by atoms with Crippen LogP contribution in [0.5, 0.6) is 5.75 Å². The first kappa shape index (κ1) is 25.7. The SMILES string of the molecule is CNc1nc(Nc2ccc(OC)c(-n3cc4c(n3)CCNC4)c2)nc(C)c1F.O=C(O)C(F)(F)F. The summed E-state index contributed by atoms with van der Waals surface area (Å²) < 4.78 is 53.0. The fourth-order valence-electron chi connectivity index (χ4n) is 3.21. The normalized spacial score (nSPS) is 12.8. The van der Waals surface area contributed by atoms with Gasteiger partial charge in [0.05, 0.1) is 18.5 Å². The van der Waals surface area contributed by atoms with E-state index in [9.17, 15) is 17.6 Å². The van der Waals surface area contributed by atoms with Gasteiger partial charge in [-0.2, -0.15) is 23.3 Å². The van der Waals surface area contributed by atoms with Crippen molar-refractivity contribution in [3.63, 3.8) is 0 Å². The monoisotopic (exact) mass is 497 g/mol. The number of alkyl halides is 3. The molecule has 4 N–H and O–H groups in total. The zero-order valence-electron chi connectivity index (χ0n) is 19.0. The van der Waals surface area contributed by atoms with Crippen molar-refractivity contribution in [3.05, 3.63) is 47.2 Å². The molecule has 2 aromatic heterocycles. The Balaban J connectivity index is 0.000000429. The van der Waals surface area contributed by atoms with Gasteiger partial charge in [0.15, 0.2) is 11.6 Å². The average molecular weight is 497 g/mol. The molecule has 10 nitrogen and oxygen atoms in total. The highest BCUT2D eigenvalue weighted by molar-refractivity contribution is 5.73. The molecule has 4 rings (SSSR count). The Morgan fingerprint density at radius 1 is 1.29 bits per heavy atom. The van der Waals surface area contributed by atoms with Crippen molar-refractivity contribution < 1.29 is 32.2 Å². The summed E-state index contributed by atoms with van der Waals surface area (Å²) in [6.07, 6.45) is -2.17. The van der Waals surface area contributed by atoms with Gasteiger partial charge in [0.2, 0.25) is 5.95 Å². The number of fused-ring (bicyclic) bond motifs is 1. The molecule has 0 bridgehead atoms. The highest BCUT2D eigenvalue weighted by Crippen LogP contribution is 2.29. The summed E-state index contributed by atoms with van der Waals surface area (Å²) >= 11 is 0. The molecule has 0 saturated heterocycles. The Labute approximate surface area is 197 Å². The maximum atomic E-state index is 14.0. The molecule has 0 amide bonds. The standard InChI is InChI=1S/C19H22FN7O.C2HF3O2/c1-11-17(20)18(21-2)25-19(23-11)24-13-4-5-16(28-3)15(8-13)27-10-12-9-22-7-6-14(12)26-27;3-2(4,5)1(6)7/h4-5,8,10,22H,6-7,9H2,1-3H3,(H2,21,23,24,25);(H,6,7). The van der Waals surface area contributed by atoms with Gasteiger partial charge >= 0.3 is 12.1 Å². The molecule has 188 valence electrons. The fourth-order valence-corrected chi connectivity index (χ4v) is 3.21. The van der Waals surface area contributed by atoms with E-state index < -0.39 is 18.0 Å². The Hall–Kier alpha value is -3.94. The molecule has 0 saturated carbocycles. The van der Waals surface area contributed by atoms with E-state index in [1.165, 1.54) is 5.56 Å². The number of benzene rings is 1. The molecule has 0 aliphatic carbocycles. The number of rotatable bonds is 5. The summed E-state index contributed by atoms with van der Waals surface area (Å²) in [7, 11) is 3.25. The van der Waals surface area contributed by atoms with Crippen molar-refractivity contribution >= 4 is 23.4 Å². The maximum Gasteiger partial charge on any atom is 0.490 e. The number of aromatic nitrogens is 4. The number of methoxy groups -OCH3 is 1. The average Bonchev–Trinajstić information content (AvgIpc) is 3.25. The molecule has 0 radical (unpaired) electrons. The first-order chi connectivity index (χ1) is 16.5. The van der Waals surface area contributed by atoms with E-state index in [0.717, 1.165) is 36.6 Å². The number of ether oxygens (including phenoxy) is 1. The van der Waals surface area contributed by atoms with Crippen LogP contribution >= 0.6 is 0 Å². The maximum absolute atomic E-state index is 14.0. The second kappa shape index (κ2) is 10.5. The number of aliphatic carboxylic acids is 1. The van der Waals surface area contributed by atoms with E-state index in [1.807, 2.05) is 29.1 Å². The molecule has 0 fully saturated rings. The largest absolute Gasteiger partial charge is 0.494 e. The molecule has 0 spiro atoms. The topological polar surface area (TPSA) is 126 Å². The van der Waals surface area contributed by atoms with Crippen molar-refractivity contribution in [1.82, 2.24) is 25.1 Å². The van der Waals surface area contributed by atoms with E-state index >= 15 is 0 Å². The summed E-state index contributed by atoms with van der Waals surface area (Å²) in [5.41, 5.74) is 4.09. The second-order valence-electron chi connectivity index (χ2n) is 7.33. The lowest BCUT2D eigenvalue weighted by atomic mass is 10.1. The van der Waals surface area contributed by atoms with E-state index in [0.29, 0.717) is 11.7 Å². The number of halogens is 4. The number of hydrogen-bond acceptors (Lipinski definition) is 8. The van der Waals surface area contributed by atoms with Crippen LogP contribution in [0.25, 0.3) is 5.69 Å². The predicted molar refractivity (Wildman–Crippen MR) is 119 cm³/mol. The van der Waals surface area contributed by atoms with Crippen LogP contribution in [0.4, 0.5) is 35.0 Å². The Kier molecular flexibility index (Phi) is 7.74. The van der Waals surface area contributed by atoms with Crippen LogP contribution in [-0.2, 0) is 17.8 Å². The van der Waals surface area contributed by atoms with Crippen molar-refractivity contribution in [2.75, 3.05) is 31.3 Å². The summed E-state index contributed by atoms with van der Waals surface area (Å²) in [4.78, 5) is 17.2. The van der Waals surface area contributed by atoms with Crippen LogP contribution in [0.3, 0.4) is 0 Å². The summed E-state index contributed by atoms with van der Waals surface area (Å²) in [5, 5.41) is 21.1. The molecule has 0 atom stereocenters. The summed E-state index contributed by atoms with van der Waals surface area (Å²) in [6.45, 7) is 3.34. The van der Waals surface area contributed by atoms with Crippen molar-refractivity contribution in [1.29, 1.82) is 0 Å². The third-order valence-corrected chi connectivity index (χ3v) is 4.91. The molecule has 3 heterocycles. The number of nitrogens with zero attached hydrogens (tertiary/aromatic N) is 4. The Morgan fingerprint density at radius 3 is 2.60 bits per heavy atom. The van der Waals surface area contributed by atoms with Gasteiger partial charge in [-0.3, -0.25) is 0 Å². The van der Waals surface area contributed by atoms with Crippen molar-refractivity contribution in [2.45, 2.75) is 26.1 Å². The van der Waals surface area contributed by atoms with E-state index in [4.69, 9.17) is 19.7 Å². The lowest BCUT2D eigenvalue weighted by Gasteiger charge is -2.13. The molecule has 14 heteroatoms. The molecule has 1 aliphatic heterocycles. The van der Waals surface area contributed by atoms with Gasteiger partial charge in [-0.25, -0.2) is 18.9 Å². The number of carboxylic acids is 1.